The third-order valence-electron chi connectivity index (χ3n) is 6.10. The zero-order valence-corrected chi connectivity index (χ0v) is 19.3. The van der Waals surface area contributed by atoms with Crippen molar-refractivity contribution in [3.05, 3.63) is 54.4 Å². The first kappa shape index (κ1) is 28.5. The van der Waals surface area contributed by atoms with Gasteiger partial charge in [-0.2, -0.15) is 0 Å². The quantitative estimate of drug-likeness (QED) is 0.450. The molecule has 2 aliphatic rings. The summed E-state index contributed by atoms with van der Waals surface area (Å²) in [4.78, 5) is 26.9. The summed E-state index contributed by atoms with van der Waals surface area (Å²) in [5, 5.41) is 0. The summed E-state index contributed by atoms with van der Waals surface area (Å²) < 4.78 is 70.8. The number of rotatable bonds is 5. The highest BCUT2D eigenvalue weighted by Crippen LogP contribution is 3.02. The maximum atomic E-state index is 13.6. The van der Waals surface area contributed by atoms with E-state index in [9.17, 15) is 24.2 Å². The topological polar surface area (TPSA) is 62.7 Å². The van der Waals surface area contributed by atoms with Crippen LogP contribution in [0.25, 0.3) is 0 Å². The maximum absolute atomic E-state index is 13.6. The summed E-state index contributed by atoms with van der Waals surface area (Å²) in [6, 6.07) is 5.15. The van der Waals surface area contributed by atoms with Gasteiger partial charge in [0.2, 0.25) is 5.91 Å². The van der Waals surface area contributed by atoms with E-state index < -0.39 is 21.2 Å². The molecule has 0 aliphatic carbocycles. The predicted octanol–water partition coefficient (Wildman–Crippen LogP) is 6.01. The molecule has 2 aliphatic heterocycles. The fraction of sp³-hybridized carbons (Fsp3) is 0.435. The van der Waals surface area contributed by atoms with Crippen LogP contribution in [-0.2, 0) is 14.3 Å². The number of nitrogens with zero attached hydrogens (tertiary/aromatic N) is 3. The van der Waals surface area contributed by atoms with Gasteiger partial charge in [0.1, 0.15) is 17.7 Å². The number of amides is 1. The minimum absolute atomic E-state index is 0. The number of halogens is 5. The van der Waals surface area contributed by atoms with Crippen molar-refractivity contribution in [2.24, 2.45) is 5.41 Å². The molecule has 1 unspecified atom stereocenters. The van der Waals surface area contributed by atoms with Crippen LogP contribution in [0.1, 0.15) is 31.9 Å². The molecule has 0 N–H and O–H groups in total. The highest BCUT2D eigenvalue weighted by atomic mass is 32.5. The van der Waals surface area contributed by atoms with Crippen LogP contribution in [0.15, 0.2) is 53.7 Å². The van der Waals surface area contributed by atoms with Crippen LogP contribution in [0.3, 0.4) is 0 Å². The molecule has 12 heteroatoms. The number of carbonyl (C=O) groups is 2. The lowest BCUT2D eigenvalue weighted by molar-refractivity contribution is -0.160. The van der Waals surface area contributed by atoms with Gasteiger partial charge in [-0.25, -0.2) is 0 Å². The molecule has 2 saturated heterocycles. The number of hydrogen-bond donors (Lipinski definition) is 0. The van der Waals surface area contributed by atoms with Gasteiger partial charge in [-0.15, -0.1) is 0 Å². The molecule has 1 atom stereocenters. The van der Waals surface area contributed by atoms with Crippen molar-refractivity contribution in [2.75, 3.05) is 38.3 Å². The first-order valence-electron chi connectivity index (χ1n) is 10.4. The van der Waals surface area contributed by atoms with Crippen LogP contribution >= 0.6 is 10.2 Å². The molecule has 4 rings (SSSR count). The SMILES string of the molecule is C.C=O.CN(c1ccc(S(F)(F)(F)(F)F)cc1)C(C(=O)N1CCCC2(COC2)C1)c1cccnc1. The van der Waals surface area contributed by atoms with E-state index in [1.54, 1.807) is 30.3 Å². The second-order valence-corrected chi connectivity index (χ2v) is 11.0. The van der Waals surface area contributed by atoms with Crippen molar-refractivity contribution < 1.29 is 33.8 Å². The van der Waals surface area contributed by atoms with E-state index in [-0.39, 0.29) is 24.4 Å². The first-order chi connectivity index (χ1) is 15.8. The molecular weight excluding hydrogens is 493 g/mol. The molecule has 2 fully saturated rings. The lowest BCUT2D eigenvalue weighted by Crippen LogP contribution is -2.57. The highest BCUT2D eigenvalue weighted by Gasteiger charge is 2.65. The molecule has 1 spiro atoms. The summed E-state index contributed by atoms with van der Waals surface area (Å²) in [5.74, 6) is -0.219. The minimum Gasteiger partial charge on any atom is -0.380 e. The summed E-state index contributed by atoms with van der Waals surface area (Å²) in [6.45, 7) is 4.30. The molecule has 2 aromatic rings. The Morgan fingerprint density at radius 2 is 1.77 bits per heavy atom. The number of piperidine rings is 1. The third kappa shape index (κ3) is 6.29. The zero-order valence-electron chi connectivity index (χ0n) is 18.5. The van der Waals surface area contributed by atoms with Crippen molar-refractivity contribution >= 4 is 28.6 Å². The number of likely N-dealkylation sites (tertiary alicyclic amines) is 1. The lowest BCUT2D eigenvalue weighted by atomic mass is 9.78. The van der Waals surface area contributed by atoms with Crippen molar-refractivity contribution in [1.29, 1.82) is 0 Å². The van der Waals surface area contributed by atoms with Gasteiger partial charge in [0.05, 0.1) is 13.2 Å². The Morgan fingerprint density at radius 3 is 2.26 bits per heavy atom. The van der Waals surface area contributed by atoms with Crippen LogP contribution in [0.5, 0.6) is 0 Å². The lowest BCUT2D eigenvalue weighted by Gasteiger charge is -2.49. The van der Waals surface area contributed by atoms with Gasteiger partial charge < -0.3 is 19.3 Å². The third-order valence-corrected chi connectivity index (χ3v) is 7.26. The first-order valence-corrected chi connectivity index (χ1v) is 12.4. The Labute approximate surface area is 201 Å². The molecule has 196 valence electrons. The second kappa shape index (κ2) is 9.38. The van der Waals surface area contributed by atoms with Gasteiger partial charge in [0.25, 0.3) is 0 Å². The van der Waals surface area contributed by atoms with Crippen molar-refractivity contribution in [2.45, 2.75) is 31.2 Å². The molecule has 6 nitrogen and oxygen atoms in total. The summed E-state index contributed by atoms with van der Waals surface area (Å²) >= 11 is 0. The van der Waals surface area contributed by atoms with Gasteiger partial charge >= 0.3 is 10.2 Å². The Balaban J connectivity index is 0.00000140. The number of aromatic nitrogens is 1. The van der Waals surface area contributed by atoms with E-state index in [2.05, 4.69) is 4.98 Å². The smallest absolute Gasteiger partial charge is 0.310 e. The molecule has 1 aromatic heterocycles. The van der Waals surface area contributed by atoms with Crippen molar-refractivity contribution in [3.63, 3.8) is 0 Å². The number of likely N-dealkylation sites (N-methyl/N-ethyl adjacent to an activating group) is 1. The average molecular weight is 524 g/mol. The summed E-state index contributed by atoms with van der Waals surface area (Å²) in [6.07, 6.45) is 4.88. The molecule has 0 radical (unpaired) electrons. The van der Waals surface area contributed by atoms with Crippen LogP contribution in [0.4, 0.5) is 25.1 Å². The number of ether oxygens (including phenoxy) is 1. The van der Waals surface area contributed by atoms with Gasteiger partial charge in [-0.3, -0.25) is 9.78 Å². The largest absolute Gasteiger partial charge is 0.380 e. The van der Waals surface area contributed by atoms with E-state index >= 15 is 0 Å². The van der Waals surface area contributed by atoms with Crippen molar-refractivity contribution in [3.8, 4) is 0 Å². The number of hydrogen-bond acceptors (Lipinski definition) is 5. The number of carbonyl (C=O) groups excluding carboxylic acids is 2. The normalized spacial score (nSPS) is 19.5. The van der Waals surface area contributed by atoms with Gasteiger partial charge in [-0.1, -0.05) is 32.9 Å². The monoisotopic (exact) mass is 523 g/mol. The summed E-state index contributed by atoms with van der Waals surface area (Å²) in [5.41, 5.74) is 0.715. The summed E-state index contributed by atoms with van der Waals surface area (Å²) in [7, 11) is -8.22. The number of benzene rings is 1. The fourth-order valence-corrected chi connectivity index (χ4v) is 5.00. The van der Waals surface area contributed by atoms with Gasteiger partial charge in [-0.05, 0) is 43.2 Å². The Bertz CT molecular complexity index is 1020. The van der Waals surface area contributed by atoms with E-state index in [1.165, 1.54) is 11.1 Å². The Hall–Kier alpha value is -2.73. The predicted molar refractivity (Wildman–Crippen MR) is 126 cm³/mol. The van der Waals surface area contributed by atoms with Crippen LogP contribution in [-0.4, -0.2) is 55.9 Å². The van der Waals surface area contributed by atoms with Crippen LogP contribution in [0.2, 0.25) is 0 Å². The van der Waals surface area contributed by atoms with Crippen LogP contribution in [0, 0.1) is 5.41 Å². The highest BCUT2D eigenvalue weighted by molar-refractivity contribution is 8.45. The maximum Gasteiger partial charge on any atom is 0.310 e. The van der Waals surface area contributed by atoms with Gasteiger partial charge in [0.15, 0.2) is 0 Å². The molecule has 1 amide bonds. The molecule has 0 saturated carbocycles. The minimum atomic E-state index is -9.77. The second-order valence-electron chi connectivity index (χ2n) is 8.62. The number of pyridine rings is 1. The van der Waals surface area contributed by atoms with E-state index in [4.69, 9.17) is 9.53 Å². The van der Waals surface area contributed by atoms with Crippen LogP contribution < -0.4 is 4.90 Å². The zero-order chi connectivity index (χ0) is 25.3. The van der Waals surface area contributed by atoms with E-state index in [1.807, 2.05) is 6.79 Å². The molecular formula is C23H30F5N3O3S. The van der Waals surface area contributed by atoms with E-state index in [0.717, 1.165) is 25.0 Å². The Kier molecular flexibility index (Phi) is 7.64. The number of anilines is 1. The molecule has 3 heterocycles. The average Bonchev–Trinajstić information content (AvgIpc) is 2.79. The fourth-order valence-electron chi connectivity index (χ4n) is 4.35. The molecule has 35 heavy (non-hydrogen) atoms. The standard InChI is InChI=1S/C21H24F5N3O2S.CH2O.CH4/c1-28(17-5-7-18(8-6-17)32(22,23,24,25)26)19(16-4-2-10-27-12-16)20(30)29-11-3-9-21(13-29)14-31-15-21;1-2;/h2,4-8,10,12,19H,3,9,11,13-15H2,1H3;1H2;1H4. The molecule has 0 bridgehead atoms. The van der Waals surface area contributed by atoms with E-state index in [0.29, 0.717) is 44.0 Å². The van der Waals surface area contributed by atoms with Crippen molar-refractivity contribution in [1.82, 2.24) is 9.88 Å². The van der Waals surface area contributed by atoms with Gasteiger partial charge in [0, 0.05) is 49.2 Å². The molecule has 1 aromatic carbocycles. The Morgan fingerprint density at radius 1 is 1.14 bits per heavy atom.